The van der Waals surface area contributed by atoms with E-state index in [0.717, 1.165) is 16.8 Å². The van der Waals surface area contributed by atoms with Gasteiger partial charge in [-0.1, -0.05) is 103 Å². The third kappa shape index (κ3) is 5.25. The van der Waals surface area contributed by atoms with Gasteiger partial charge >= 0.3 is 0 Å². The smallest absolute Gasteiger partial charge is 0.128 e. The fourth-order valence-electron chi connectivity index (χ4n) is 3.79. The van der Waals surface area contributed by atoms with E-state index in [1.807, 2.05) is 24.4 Å². The summed E-state index contributed by atoms with van der Waals surface area (Å²) < 4.78 is 0. The molecular formula is C29H35NO. The van der Waals surface area contributed by atoms with Crippen molar-refractivity contribution in [1.82, 2.24) is 0 Å². The van der Waals surface area contributed by atoms with Crippen molar-refractivity contribution in [3.8, 4) is 5.75 Å². The van der Waals surface area contributed by atoms with E-state index in [9.17, 15) is 5.11 Å². The van der Waals surface area contributed by atoms with Gasteiger partial charge < -0.3 is 5.11 Å². The number of aromatic hydroxyl groups is 1. The molecule has 0 fully saturated rings. The van der Waals surface area contributed by atoms with Gasteiger partial charge in [-0.2, -0.15) is 0 Å². The van der Waals surface area contributed by atoms with E-state index >= 15 is 0 Å². The molecule has 0 amide bonds. The molecule has 31 heavy (non-hydrogen) atoms. The van der Waals surface area contributed by atoms with Gasteiger partial charge in [0.1, 0.15) is 5.75 Å². The summed E-state index contributed by atoms with van der Waals surface area (Å²) >= 11 is 0. The lowest BCUT2D eigenvalue weighted by atomic mass is 9.79. The lowest BCUT2D eigenvalue weighted by Gasteiger charge is -2.27. The molecule has 0 spiro atoms. The van der Waals surface area contributed by atoms with Crippen LogP contribution >= 0.6 is 0 Å². The minimum absolute atomic E-state index is 0.0178. The molecule has 0 aliphatic carbocycles. The lowest BCUT2D eigenvalue weighted by molar-refractivity contribution is 0.444. The lowest BCUT2D eigenvalue weighted by Crippen LogP contribution is -2.17. The van der Waals surface area contributed by atoms with Crippen LogP contribution in [0.15, 0.2) is 71.7 Å². The minimum atomic E-state index is -0.159. The normalized spacial score (nSPS) is 13.5. The molecule has 0 aromatic heterocycles. The first kappa shape index (κ1) is 22.8. The third-order valence-corrected chi connectivity index (χ3v) is 5.86. The number of hydrogen-bond acceptors (Lipinski definition) is 2. The summed E-state index contributed by atoms with van der Waals surface area (Å²) in [7, 11) is 0. The number of hydrogen-bond donors (Lipinski definition) is 1. The highest BCUT2D eigenvalue weighted by atomic mass is 16.3. The minimum Gasteiger partial charge on any atom is -0.507 e. The number of aliphatic imine (C=N–C) groups is 1. The largest absolute Gasteiger partial charge is 0.507 e. The zero-order valence-corrected chi connectivity index (χ0v) is 19.9. The van der Waals surface area contributed by atoms with Crippen LogP contribution < -0.4 is 0 Å². The van der Waals surface area contributed by atoms with Crippen LogP contribution in [0.5, 0.6) is 5.75 Å². The summed E-state index contributed by atoms with van der Waals surface area (Å²) in [5.74, 6) is 0.548. The van der Waals surface area contributed by atoms with Gasteiger partial charge in [-0.25, -0.2) is 0 Å². The highest BCUT2D eigenvalue weighted by Gasteiger charge is 2.24. The Hall–Kier alpha value is -2.87. The van der Waals surface area contributed by atoms with Crippen molar-refractivity contribution in [1.29, 1.82) is 0 Å². The molecule has 162 valence electrons. The summed E-state index contributed by atoms with van der Waals surface area (Å²) in [6.07, 6.45) is 1.82. The van der Waals surface area contributed by atoms with E-state index in [1.54, 1.807) is 0 Å². The van der Waals surface area contributed by atoms with Crippen LogP contribution in [0.3, 0.4) is 0 Å². The predicted octanol–water partition coefficient (Wildman–Crippen LogP) is 7.89. The molecule has 1 unspecified atom stereocenters. The maximum atomic E-state index is 11.1. The van der Waals surface area contributed by atoms with Crippen molar-refractivity contribution < 1.29 is 5.11 Å². The van der Waals surface area contributed by atoms with E-state index in [4.69, 9.17) is 4.99 Å². The Morgan fingerprint density at radius 3 is 2.03 bits per heavy atom. The quantitative estimate of drug-likeness (QED) is 0.433. The molecule has 0 radical (unpaired) electrons. The van der Waals surface area contributed by atoms with Crippen LogP contribution in [-0.4, -0.2) is 11.3 Å². The summed E-state index contributed by atoms with van der Waals surface area (Å²) in [6.45, 7) is 15.2. The molecule has 0 aliphatic heterocycles. The maximum Gasteiger partial charge on any atom is 0.128 e. The number of benzene rings is 3. The van der Waals surface area contributed by atoms with Crippen LogP contribution in [0.2, 0.25) is 0 Å². The molecule has 1 N–H and O–H groups in total. The van der Waals surface area contributed by atoms with E-state index in [2.05, 4.69) is 97.0 Å². The first-order chi connectivity index (χ1) is 14.5. The first-order valence-electron chi connectivity index (χ1n) is 11.0. The first-order valence-corrected chi connectivity index (χ1v) is 11.0. The third-order valence-electron chi connectivity index (χ3n) is 5.86. The van der Waals surface area contributed by atoms with Gasteiger partial charge in [-0.15, -0.1) is 0 Å². The van der Waals surface area contributed by atoms with Crippen LogP contribution in [0.4, 0.5) is 5.69 Å². The Labute approximate surface area is 187 Å². The second-order valence-electron chi connectivity index (χ2n) is 10.4. The second kappa shape index (κ2) is 8.70. The van der Waals surface area contributed by atoms with Crippen LogP contribution in [-0.2, 0) is 10.8 Å². The summed E-state index contributed by atoms with van der Waals surface area (Å²) in [5.41, 5.74) is 6.10. The van der Waals surface area contributed by atoms with Crippen molar-refractivity contribution in [2.75, 3.05) is 0 Å². The SMILES string of the molecule is CC(c1ccccc1)c1ccccc1N=Cc1cc(C(C)(C)C)cc(C(C)(C)C)c1O. The molecule has 3 aromatic carbocycles. The Morgan fingerprint density at radius 2 is 1.42 bits per heavy atom. The fraction of sp³-hybridized carbons (Fsp3) is 0.345. The van der Waals surface area contributed by atoms with E-state index in [0.29, 0.717) is 5.75 Å². The molecule has 2 nitrogen and oxygen atoms in total. The number of rotatable bonds is 4. The van der Waals surface area contributed by atoms with Crippen LogP contribution in [0.25, 0.3) is 0 Å². The van der Waals surface area contributed by atoms with Crippen molar-refractivity contribution >= 4 is 11.9 Å². The Balaban J connectivity index is 2.07. The Morgan fingerprint density at radius 1 is 0.806 bits per heavy atom. The number of para-hydroxylation sites is 1. The van der Waals surface area contributed by atoms with Gasteiger partial charge in [-0.05, 0) is 39.7 Å². The van der Waals surface area contributed by atoms with Crippen molar-refractivity contribution in [2.24, 2.45) is 4.99 Å². The highest BCUT2D eigenvalue weighted by Crippen LogP contribution is 2.38. The van der Waals surface area contributed by atoms with Crippen molar-refractivity contribution in [2.45, 2.75) is 65.2 Å². The second-order valence-corrected chi connectivity index (χ2v) is 10.4. The van der Waals surface area contributed by atoms with Gasteiger partial charge in [0.15, 0.2) is 0 Å². The monoisotopic (exact) mass is 413 g/mol. The van der Waals surface area contributed by atoms with E-state index in [-0.39, 0.29) is 16.7 Å². The van der Waals surface area contributed by atoms with Crippen molar-refractivity contribution in [3.05, 3.63) is 94.5 Å². The molecular weight excluding hydrogens is 378 g/mol. The molecule has 3 rings (SSSR count). The molecule has 0 aliphatic rings. The molecule has 2 heteroatoms. The number of phenols is 1. The van der Waals surface area contributed by atoms with E-state index < -0.39 is 0 Å². The Bertz CT molecular complexity index is 1070. The molecule has 1 atom stereocenters. The van der Waals surface area contributed by atoms with Gasteiger partial charge in [0.25, 0.3) is 0 Å². The van der Waals surface area contributed by atoms with Gasteiger partial charge in [0, 0.05) is 23.3 Å². The zero-order valence-electron chi connectivity index (χ0n) is 19.9. The summed E-state index contributed by atoms with van der Waals surface area (Å²) in [5, 5.41) is 11.1. The average Bonchev–Trinajstić information content (AvgIpc) is 2.71. The molecule has 0 saturated carbocycles. The van der Waals surface area contributed by atoms with Crippen LogP contribution in [0, 0.1) is 0 Å². The number of nitrogens with zero attached hydrogens (tertiary/aromatic N) is 1. The molecule has 3 aromatic rings. The molecule has 0 bridgehead atoms. The number of phenolic OH excluding ortho intramolecular Hbond substituents is 1. The Kier molecular flexibility index (Phi) is 6.40. The van der Waals surface area contributed by atoms with Crippen LogP contribution in [0.1, 0.15) is 82.2 Å². The highest BCUT2D eigenvalue weighted by molar-refractivity contribution is 5.87. The van der Waals surface area contributed by atoms with E-state index in [1.165, 1.54) is 16.7 Å². The summed E-state index contributed by atoms with van der Waals surface area (Å²) in [4.78, 5) is 4.85. The molecule has 0 heterocycles. The average molecular weight is 414 g/mol. The maximum absolute atomic E-state index is 11.1. The predicted molar refractivity (Wildman–Crippen MR) is 133 cm³/mol. The zero-order chi connectivity index (χ0) is 22.8. The standard InChI is InChI=1S/C29H35NO/c1-20(21-13-9-8-10-14-21)24-15-11-12-16-26(24)30-19-22-17-23(28(2,3)4)18-25(27(22)31)29(5,6)7/h8-20,31H,1-7H3. The molecule has 0 saturated heterocycles. The van der Waals surface area contributed by atoms with Gasteiger partial charge in [-0.3, -0.25) is 4.99 Å². The van der Waals surface area contributed by atoms with Gasteiger partial charge in [0.05, 0.1) is 5.69 Å². The van der Waals surface area contributed by atoms with Crippen molar-refractivity contribution in [3.63, 3.8) is 0 Å². The summed E-state index contributed by atoms with van der Waals surface area (Å²) in [6, 6.07) is 22.9. The van der Waals surface area contributed by atoms with Gasteiger partial charge in [0.2, 0.25) is 0 Å². The fourth-order valence-corrected chi connectivity index (χ4v) is 3.79. The topological polar surface area (TPSA) is 32.6 Å².